The number of thioether (sulfide) groups is 1. The molecule has 7 heteroatoms. The number of rotatable bonds is 2. The minimum Gasteiger partial charge on any atom is -0.465 e. The first-order valence-electron chi connectivity index (χ1n) is 4.67. The van der Waals surface area contributed by atoms with E-state index >= 15 is 0 Å². The average molecular weight is 275 g/mol. The number of carbonyl (C=O) groups is 1. The fourth-order valence-electron chi connectivity index (χ4n) is 1.32. The molecule has 0 saturated carbocycles. The van der Waals surface area contributed by atoms with Gasteiger partial charge in [0.2, 0.25) is 0 Å². The maximum absolute atomic E-state index is 12.3. The van der Waals surface area contributed by atoms with Crippen molar-refractivity contribution in [2.75, 3.05) is 7.11 Å². The highest BCUT2D eigenvalue weighted by molar-refractivity contribution is 8.00. The fraction of sp³-hybridized carbons (Fsp3) is 0.273. The van der Waals surface area contributed by atoms with E-state index in [0.717, 1.165) is 19.2 Å². The number of ether oxygens (including phenoxy) is 1. The Morgan fingerprint density at radius 3 is 2.50 bits per heavy atom. The molecule has 0 saturated heterocycles. The molecular weight excluding hydrogens is 267 g/mol. The van der Waals surface area contributed by atoms with E-state index in [0.29, 0.717) is 5.56 Å². The summed E-state index contributed by atoms with van der Waals surface area (Å²) in [6.45, 7) is 1.48. The quantitative estimate of drug-likeness (QED) is 0.614. The van der Waals surface area contributed by atoms with Crippen LogP contribution in [0.5, 0.6) is 0 Å². The van der Waals surface area contributed by atoms with E-state index in [1.54, 1.807) is 6.07 Å². The lowest BCUT2D eigenvalue weighted by molar-refractivity contribution is -0.0328. The average Bonchev–Trinajstić information content (AvgIpc) is 2.28. The van der Waals surface area contributed by atoms with Gasteiger partial charge in [0.1, 0.15) is 0 Å². The largest absolute Gasteiger partial charge is 0.465 e. The van der Waals surface area contributed by atoms with Crippen molar-refractivity contribution in [2.45, 2.75) is 17.3 Å². The van der Waals surface area contributed by atoms with Crippen LogP contribution in [-0.2, 0) is 4.74 Å². The van der Waals surface area contributed by atoms with Crippen LogP contribution in [0.25, 0.3) is 0 Å². The van der Waals surface area contributed by atoms with Gasteiger partial charge in [-0.1, -0.05) is 0 Å². The summed E-state index contributed by atoms with van der Waals surface area (Å²) in [6, 6.07) is 3.92. The first kappa shape index (κ1) is 14.4. The van der Waals surface area contributed by atoms with E-state index in [9.17, 15) is 18.0 Å². The first-order chi connectivity index (χ1) is 8.28. The standard InChI is InChI=1S/C11H8F3NO2S/c1-6-7(5-15)3-8(18-11(12,13)14)4-9(6)10(16)17-2/h3-4H,1-2H3. The van der Waals surface area contributed by atoms with E-state index in [4.69, 9.17) is 5.26 Å². The van der Waals surface area contributed by atoms with Gasteiger partial charge in [-0.05, 0) is 36.4 Å². The minimum atomic E-state index is -4.48. The van der Waals surface area contributed by atoms with E-state index in [1.807, 2.05) is 0 Å². The number of hydrogen-bond acceptors (Lipinski definition) is 4. The highest BCUT2D eigenvalue weighted by Crippen LogP contribution is 2.38. The Bertz CT molecular complexity index is 520. The van der Waals surface area contributed by atoms with Crippen LogP contribution in [0.15, 0.2) is 17.0 Å². The molecule has 96 valence electrons. The molecule has 0 aliphatic heterocycles. The molecule has 0 amide bonds. The zero-order chi connectivity index (χ0) is 13.9. The molecule has 3 nitrogen and oxygen atoms in total. The molecule has 1 rings (SSSR count). The zero-order valence-corrected chi connectivity index (χ0v) is 10.3. The van der Waals surface area contributed by atoms with E-state index in [1.165, 1.54) is 6.92 Å². The van der Waals surface area contributed by atoms with Crippen molar-refractivity contribution in [3.05, 3.63) is 28.8 Å². The third kappa shape index (κ3) is 3.40. The van der Waals surface area contributed by atoms with Crippen molar-refractivity contribution >= 4 is 17.7 Å². The molecule has 0 unspecified atom stereocenters. The molecule has 0 radical (unpaired) electrons. The Morgan fingerprint density at radius 2 is 2.06 bits per heavy atom. The van der Waals surface area contributed by atoms with Gasteiger partial charge in [0, 0.05) is 4.90 Å². The Hall–Kier alpha value is -1.68. The monoisotopic (exact) mass is 275 g/mol. The molecule has 1 aromatic rings. The van der Waals surface area contributed by atoms with Crippen molar-refractivity contribution in [3.8, 4) is 6.07 Å². The van der Waals surface area contributed by atoms with Gasteiger partial charge in [-0.15, -0.1) is 0 Å². The summed E-state index contributed by atoms with van der Waals surface area (Å²) >= 11 is -0.378. The lowest BCUT2D eigenvalue weighted by Crippen LogP contribution is -2.07. The Labute approximate surface area is 106 Å². The number of nitrogens with zero attached hydrogens (tertiary/aromatic N) is 1. The van der Waals surface area contributed by atoms with Gasteiger partial charge >= 0.3 is 11.5 Å². The molecule has 0 N–H and O–H groups in total. The number of nitriles is 1. The number of esters is 1. The Balaban J connectivity index is 3.32. The molecule has 0 fully saturated rings. The Kier molecular flexibility index (Phi) is 4.24. The fourth-order valence-corrected chi connectivity index (χ4v) is 1.94. The van der Waals surface area contributed by atoms with Gasteiger partial charge in [-0.3, -0.25) is 0 Å². The van der Waals surface area contributed by atoms with Gasteiger partial charge < -0.3 is 4.74 Å². The molecule has 0 aromatic heterocycles. The molecule has 0 spiro atoms. The van der Waals surface area contributed by atoms with Crippen molar-refractivity contribution in [3.63, 3.8) is 0 Å². The van der Waals surface area contributed by atoms with Crippen LogP contribution in [0.3, 0.4) is 0 Å². The number of halogens is 3. The van der Waals surface area contributed by atoms with Crippen molar-refractivity contribution < 1.29 is 22.7 Å². The second-order valence-corrected chi connectivity index (χ2v) is 4.43. The van der Waals surface area contributed by atoms with E-state index in [2.05, 4.69) is 4.74 Å². The first-order valence-corrected chi connectivity index (χ1v) is 5.49. The molecule has 0 atom stereocenters. The second-order valence-electron chi connectivity index (χ2n) is 3.29. The summed E-state index contributed by atoms with van der Waals surface area (Å²) in [7, 11) is 1.12. The van der Waals surface area contributed by atoms with Gasteiger partial charge in [-0.25, -0.2) is 4.79 Å². The topological polar surface area (TPSA) is 50.1 Å². The summed E-state index contributed by atoms with van der Waals surface area (Å²) in [4.78, 5) is 11.2. The summed E-state index contributed by atoms with van der Waals surface area (Å²) in [5.74, 6) is -0.770. The maximum Gasteiger partial charge on any atom is 0.446 e. The van der Waals surface area contributed by atoms with Crippen LogP contribution in [-0.4, -0.2) is 18.6 Å². The summed E-state index contributed by atoms with van der Waals surface area (Å²) in [5.41, 5.74) is -4.20. The third-order valence-corrected chi connectivity index (χ3v) is 2.84. The molecule has 0 bridgehead atoms. The number of carbonyl (C=O) groups excluding carboxylic acids is 1. The van der Waals surface area contributed by atoms with Crippen LogP contribution < -0.4 is 0 Å². The molecule has 0 aliphatic rings. The molecule has 0 aliphatic carbocycles. The number of methoxy groups -OCH3 is 1. The second kappa shape index (κ2) is 5.31. The Morgan fingerprint density at radius 1 is 1.44 bits per heavy atom. The lowest BCUT2D eigenvalue weighted by atomic mass is 10.0. The van der Waals surface area contributed by atoms with Crippen LogP contribution in [0.1, 0.15) is 21.5 Å². The molecule has 0 heterocycles. The summed E-state index contributed by atoms with van der Waals surface area (Å²) in [5, 5.41) is 8.83. The highest BCUT2D eigenvalue weighted by Gasteiger charge is 2.30. The van der Waals surface area contributed by atoms with Crippen molar-refractivity contribution in [1.29, 1.82) is 5.26 Å². The predicted octanol–water partition coefficient (Wildman–Crippen LogP) is 3.27. The predicted molar refractivity (Wildman–Crippen MR) is 59.1 cm³/mol. The van der Waals surface area contributed by atoms with Crippen molar-refractivity contribution in [2.24, 2.45) is 0 Å². The maximum atomic E-state index is 12.3. The lowest BCUT2D eigenvalue weighted by Gasteiger charge is -2.10. The number of alkyl halides is 3. The normalized spacial score (nSPS) is 10.9. The molecular formula is C11H8F3NO2S. The third-order valence-electron chi connectivity index (χ3n) is 2.14. The number of benzene rings is 1. The highest BCUT2D eigenvalue weighted by atomic mass is 32.2. The zero-order valence-electron chi connectivity index (χ0n) is 9.46. The molecule has 18 heavy (non-hydrogen) atoms. The number of hydrogen-bond donors (Lipinski definition) is 0. The van der Waals surface area contributed by atoms with Crippen LogP contribution in [0.2, 0.25) is 0 Å². The van der Waals surface area contributed by atoms with Crippen LogP contribution >= 0.6 is 11.8 Å². The minimum absolute atomic E-state index is 0.0182. The van der Waals surface area contributed by atoms with E-state index < -0.39 is 11.5 Å². The smallest absolute Gasteiger partial charge is 0.446 e. The van der Waals surface area contributed by atoms with E-state index in [-0.39, 0.29) is 27.8 Å². The van der Waals surface area contributed by atoms with Crippen LogP contribution in [0, 0.1) is 18.3 Å². The summed E-state index contributed by atoms with van der Waals surface area (Å²) < 4.78 is 41.2. The van der Waals surface area contributed by atoms with Gasteiger partial charge in [0.15, 0.2) is 0 Å². The van der Waals surface area contributed by atoms with Gasteiger partial charge in [0.05, 0.1) is 24.3 Å². The van der Waals surface area contributed by atoms with Gasteiger partial charge in [-0.2, -0.15) is 18.4 Å². The van der Waals surface area contributed by atoms with Gasteiger partial charge in [0.25, 0.3) is 0 Å². The van der Waals surface area contributed by atoms with Crippen LogP contribution in [0.4, 0.5) is 13.2 Å². The van der Waals surface area contributed by atoms with Crippen molar-refractivity contribution in [1.82, 2.24) is 0 Å². The summed E-state index contributed by atoms with van der Waals surface area (Å²) in [6.07, 6.45) is 0. The SMILES string of the molecule is COC(=O)c1cc(SC(F)(F)F)cc(C#N)c1C. The molecule has 1 aromatic carbocycles.